The molecule has 2 aliphatic rings. The molecule has 2 heterocycles. The molecule has 1 unspecified atom stereocenters. The van der Waals surface area contributed by atoms with Crippen molar-refractivity contribution in [2.75, 3.05) is 26.2 Å². The fourth-order valence-electron chi connectivity index (χ4n) is 4.06. The van der Waals surface area contributed by atoms with Gasteiger partial charge in [-0.05, 0) is 52.9 Å². The summed E-state index contributed by atoms with van der Waals surface area (Å²) >= 11 is 3.53. The van der Waals surface area contributed by atoms with Crippen LogP contribution >= 0.6 is 15.9 Å². The summed E-state index contributed by atoms with van der Waals surface area (Å²) in [5.74, 6) is 0. The van der Waals surface area contributed by atoms with Crippen LogP contribution in [0.1, 0.15) is 34.0 Å². The first-order valence-electron chi connectivity index (χ1n) is 8.61. The molecular formula is C19H23BrN3O+. The van der Waals surface area contributed by atoms with Gasteiger partial charge in [0, 0.05) is 36.5 Å². The predicted molar refractivity (Wildman–Crippen MR) is 96.4 cm³/mol. The number of nitrogens with zero attached hydrogens (tertiary/aromatic N) is 2. The van der Waals surface area contributed by atoms with Crippen LogP contribution < -0.4 is 10.0 Å². The fourth-order valence-corrected chi connectivity index (χ4v) is 4.53. The first-order chi connectivity index (χ1) is 11.6. The van der Waals surface area contributed by atoms with E-state index in [1.165, 1.54) is 27.0 Å². The number of nitrogens with one attached hydrogen (secondary N) is 1. The number of benzene rings is 1. The highest BCUT2D eigenvalue weighted by atomic mass is 79.9. The number of halogens is 1. The van der Waals surface area contributed by atoms with E-state index in [9.17, 15) is 5.21 Å². The predicted octanol–water partition coefficient (Wildman–Crippen LogP) is 2.38. The van der Waals surface area contributed by atoms with Crippen LogP contribution in [0.4, 0.5) is 0 Å². The van der Waals surface area contributed by atoms with Gasteiger partial charge in [0.2, 0.25) is 6.20 Å². The normalized spacial score (nSPS) is 21.0. The zero-order valence-corrected chi connectivity index (χ0v) is 15.5. The van der Waals surface area contributed by atoms with Crippen LogP contribution in [-0.2, 0) is 12.8 Å². The molecule has 126 valence electrons. The van der Waals surface area contributed by atoms with Gasteiger partial charge in [-0.25, -0.2) is 0 Å². The third kappa shape index (κ3) is 2.85. The molecule has 1 saturated heterocycles. The average molecular weight is 389 g/mol. The third-order valence-electron chi connectivity index (χ3n) is 5.17. The number of fused-ring (bicyclic) bond motifs is 2. The Morgan fingerprint density at radius 3 is 2.71 bits per heavy atom. The molecule has 0 bridgehead atoms. The highest BCUT2D eigenvalue weighted by molar-refractivity contribution is 9.10. The lowest BCUT2D eigenvalue weighted by Crippen LogP contribution is -2.49. The zero-order valence-electron chi connectivity index (χ0n) is 13.9. The molecule has 24 heavy (non-hydrogen) atoms. The number of rotatable bonds is 1. The smallest absolute Gasteiger partial charge is 0.258 e. The van der Waals surface area contributed by atoms with E-state index in [2.05, 4.69) is 57.3 Å². The summed E-state index contributed by atoms with van der Waals surface area (Å²) in [4.78, 5) is 2.50. The standard InChI is InChI=1S/C19H23BrN3O/c1-13-2-5-17-14(10-13)3-4-15-11-16(20)12-23(24)18(15)19(17)22-8-6-21-7-9-22/h2,5,10-12,19,21,24H,3-4,6-9H2,1H3/q+1. The number of piperazine rings is 1. The summed E-state index contributed by atoms with van der Waals surface area (Å²) in [5.41, 5.74) is 6.29. The van der Waals surface area contributed by atoms with Crippen molar-refractivity contribution >= 4 is 15.9 Å². The van der Waals surface area contributed by atoms with E-state index in [1.54, 1.807) is 6.20 Å². The molecule has 1 atom stereocenters. The molecule has 0 radical (unpaired) electrons. The van der Waals surface area contributed by atoms with Crippen molar-refractivity contribution in [3.8, 4) is 0 Å². The summed E-state index contributed by atoms with van der Waals surface area (Å²) in [6.07, 6.45) is 3.73. The van der Waals surface area contributed by atoms with E-state index in [4.69, 9.17) is 0 Å². The first kappa shape index (κ1) is 16.1. The summed E-state index contributed by atoms with van der Waals surface area (Å²) in [6, 6.07) is 9.04. The Bertz CT molecular complexity index is 771. The van der Waals surface area contributed by atoms with E-state index < -0.39 is 0 Å². The summed E-state index contributed by atoms with van der Waals surface area (Å²) in [7, 11) is 0. The van der Waals surface area contributed by atoms with Gasteiger partial charge in [-0.3, -0.25) is 10.1 Å². The maximum atomic E-state index is 10.7. The van der Waals surface area contributed by atoms with Crippen molar-refractivity contribution in [1.82, 2.24) is 10.2 Å². The Hall–Kier alpha value is -1.43. The molecule has 5 heteroatoms. The lowest BCUT2D eigenvalue weighted by molar-refractivity contribution is -0.911. The van der Waals surface area contributed by atoms with Crippen molar-refractivity contribution in [3.05, 3.63) is 62.9 Å². The summed E-state index contributed by atoms with van der Waals surface area (Å²) < 4.78 is 2.26. The minimum Gasteiger partial charge on any atom is -0.314 e. The van der Waals surface area contributed by atoms with Gasteiger partial charge in [0.1, 0.15) is 6.04 Å². The van der Waals surface area contributed by atoms with E-state index in [0.29, 0.717) is 0 Å². The molecule has 2 aromatic rings. The maximum absolute atomic E-state index is 10.7. The Morgan fingerprint density at radius 2 is 1.92 bits per heavy atom. The average Bonchev–Trinajstić information content (AvgIpc) is 2.72. The van der Waals surface area contributed by atoms with Crippen LogP contribution in [0, 0.1) is 6.92 Å². The molecule has 1 aromatic heterocycles. The summed E-state index contributed by atoms with van der Waals surface area (Å²) in [5, 5.41) is 14.1. The van der Waals surface area contributed by atoms with E-state index in [1.807, 2.05) is 0 Å². The van der Waals surface area contributed by atoms with E-state index in [0.717, 1.165) is 49.2 Å². The van der Waals surface area contributed by atoms with Gasteiger partial charge in [0.05, 0.1) is 4.47 Å². The van der Waals surface area contributed by atoms with Crippen molar-refractivity contribution in [1.29, 1.82) is 0 Å². The number of hydrogen-bond donors (Lipinski definition) is 2. The molecular weight excluding hydrogens is 366 g/mol. The largest absolute Gasteiger partial charge is 0.314 e. The van der Waals surface area contributed by atoms with Gasteiger partial charge < -0.3 is 5.32 Å². The van der Waals surface area contributed by atoms with Crippen LogP contribution in [0.25, 0.3) is 0 Å². The molecule has 1 aliphatic heterocycles. The molecule has 4 nitrogen and oxygen atoms in total. The molecule has 1 aromatic carbocycles. The van der Waals surface area contributed by atoms with Gasteiger partial charge in [-0.1, -0.05) is 23.8 Å². The van der Waals surface area contributed by atoms with Gasteiger partial charge >= 0.3 is 0 Å². The van der Waals surface area contributed by atoms with Crippen molar-refractivity contribution in [2.24, 2.45) is 0 Å². The number of hydrogen-bond acceptors (Lipinski definition) is 3. The molecule has 2 N–H and O–H groups in total. The minimum atomic E-state index is 0.110. The second-order valence-corrected chi connectivity index (χ2v) is 7.72. The molecule has 4 rings (SSSR count). The molecule has 0 amide bonds. The van der Waals surface area contributed by atoms with Crippen molar-refractivity contribution < 1.29 is 9.94 Å². The minimum absolute atomic E-state index is 0.110. The third-order valence-corrected chi connectivity index (χ3v) is 5.60. The lowest BCUT2D eigenvalue weighted by Gasteiger charge is -2.33. The number of aromatic nitrogens is 1. The Labute approximate surface area is 151 Å². The van der Waals surface area contributed by atoms with Crippen molar-refractivity contribution in [3.63, 3.8) is 0 Å². The number of aryl methyl sites for hydroxylation is 3. The fraction of sp³-hybridized carbons (Fsp3) is 0.421. The van der Waals surface area contributed by atoms with Gasteiger partial charge in [-0.15, -0.1) is 0 Å². The van der Waals surface area contributed by atoms with Gasteiger partial charge in [-0.2, -0.15) is 0 Å². The second-order valence-electron chi connectivity index (χ2n) is 6.80. The Kier molecular flexibility index (Phi) is 4.33. The van der Waals surface area contributed by atoms with E-state index in [-0.39, 0.29) is 6.04 Å². The van der Waals surface area contributed by atoms with Crippen LogP contribution in [0.3, 0.4) is 0 Å². The first-order valence-corrected chi connectivity index (χ1v) is 9.40. The van der Waals surface area contributed by atoms with Crippen LogP contribution in [0.15, 0.2) is 34.9 Å². The van der Waals surface area contributed by atoms with Crippen molar-refractivity contribution in [2.45, 2.75) is 25.8 Å². The SMILES string of the molecule is Cc1ccc2c(c1)CCc1cc(Br)c[n+](O)c1C2N1CCNCC1. The molecule has 0 saturated carbocycles. The van der Waals surface area contributed by atoms with Crippen LogP contribution in [-0.4, -0.2) is 36.3 Å². The topological polar surface area (TPSA) is 39.4 Å². The molecule has 1 fully saturated rings. The lowest BCUT2D eigenvalue weighted by atomic mass is 9.95. The quantitative estimate of drug-likeness (QED) is 0.581. The highest BCUT2D eigenvalue weighted by Crippen LogP contribution is 2.36. The van der Waals surface area contributed by atoms with E-state index >= 15 is 0 Å². The second kappa shape index (κ2) is 6.47. The highest BCUT2D eigenvalue weighted by Gasteiger charge is 2.37. The van der Waals surface area contributed by atoms with Gasteiger partial charge in [0.25, 0.3) is 5.69 Å². The zero-order chi connectivity index (χ0) is 16.7. The molecule has 1 aliphatic carbocycles. The van der Waals surface area contributed by atoms with Crippen LogP contribution in [0.5, 0.6) is 0 Å². The Balaban J connectivity index is 1.91. The summed E-state index contributed by atoms with van der Waals surface area (Å²) in [6.45, 7) is 6.13. The number of pyridine rings is 1. The Morgan fingerprint density at radius 1 is 1.17 bits per heavy atom. The van der Waals surface area contributed by atoms with Gasteiger partial charge in [0.15, 0.2) is 0 Å². The van der Waals surface area contributed by atoms with Crippen LogP contribution in [0.2, 0.25) is 0 Å². The maximum Gasteiger partial charge on any atom is 0.258 e. The monoisotopic (exact) mass is 388 g/mol. The molecule has 0 spiro atoms.